The lowest BCUT2D eigenvalue weighted by Crippen LogP contribution is -3.28. The number of nitrogens with zero attached hydrogens (tertiary/aromatic N) is 4. The monoisotopic (exact) mass is 388 g/mol. The number of benzene rings is 1. The van der Waals surface area contributed by atoms with Crippen molar-refractivity contribution >= 4 is 0 Å². The lowest BCUT2D eigenvalue weighted by molar-refractivity contribution is -1.03. The zero-order valence-electron chi connectivity index (χ0n) is 17.1. The van der Waals surface area contributed by atoms with Crippen molar-refractivity contribution in [2.24, 2.45) is 5.92 Å². The van der Waals surface area contributed by atoms with Crippen molar-refractivity contribution in [2.75, 3.05) is 39.5 Å². The number of nitrogens with one attached hydrogen (secondary N) is 2. The maximum atomic E-state index is 5.51. The molecule has 8 heteroatoms. The van der Waals surface area contributed by atoms with Crippen molar-refractivity contribution in [3.63, 3.8) is 0 Å². The number of piperazine rings is 1. The molecule has 2 aliphatic rings. The van der Waals surface area contributed by atoms with Crippen molar-refractivity contribution in [3.8, 4) is 11.5 Å². The van der Waals surface area contributed by atoms with Crippen LogP contribution in [0, 0.1) is 5.92 Å². The molecule has 152 valence electrons. The lowest BCUT2D eigenvalue weighted by Gasteiger charge is -2.34. The van der Waals surface area contributed by atoms with E-state index < -0.39 is 0 Å². The predicted octanol–water partition coefficient (Wildman–Crippen LogP) is -0.659. The molecule has 0 saturated carbocycles. The van der Waals surface area contributed by atoms with Crippen LogP contribution in [0.2, 0.25) is 0 Å². The summed E-state index contributed by atoms with van der Waals surface area (Å²) in [5, 5.41) is 12.8. The third-order valence-electron chi connectivity index (χ3n) is 5.94. The Hall–Kier alpha value is -2.19. The van der Waals surface area contributed by atoms with E-state index in [9.17, 15) is 0 Å². The molecule has 8 nitrogen and oxygen atoms in total. The summed E-state index contributed by atoms with van der Waals surface area (Å²) in [6.45, 7) is 13.8. The van der Waals surface area contributed by atoms with E-state index in [0.717, 1.165) is 29.3 Å². The molecule has 1 aromatic heterocycles. The van der Waals surface area contributed by atoms with E-state index in [1.54, 1.807) is 9.80 Å². The third-order valence-corrected chi connectivity index (χ3v) is 5.94. The Labute approximate surface area is 166 Å². The minimum absolute atomic E-state index is 0.292. The molecule has 0 bridgehead atoms. The van der Waals surface area contributed by atoms with Gasteiger partial charge in [-0.25, -0.2) is 4.68 Å². The topological polar surface area (TPSA) is 70.9 Å². The van der Waals surface area contributed by atoms with Gasteiger partial charge in [0.25, 0.3) is 0 Å². The number of likely N-dealkylation sites (N-methyl/N-ethyl adjacent to an activating group) is 1. The van der Waals surface area contributed by atoms with Gasteiger partial charge in [0.05, 0.1) is 13.1 Å². The van der Waals surface area contributed by atoms with Crippen LogP contribution in [0.4, 0.5) is 0 Å². The van der Waals surface area contributed by atoms with Crippen molar-refractivity contribution in [1.82, 2.24) is 20.2 Å². The first-order valence-corrected chi connectivity index (χ1v) is 10.5. The Bertz CT molecular complexity index is 785. The van der Waals surface area contributed by atoms with Gasteiger partial charge in [0.1, 0.15) is 26.2 Å². The minimum atomic E-state index is 0.292. The first-order chi connectivity index (χ1) is 13.6. The number of aromatic nitrogens is 4. The van der Waals surface area contributed by atoms with Crippen LogP contribution in [0.3, 0.4) is 0 Å². The highest BCUT2D eigenvalue weighted by Crippen LogP contribution is 2.32. The first kappa shape index (κ1) is 19.1. The standard InChI is InChI=1S/C20H30N6O2/c1-4-24-7-9-25(10-8-24)17(11-15(2)3)20-21-22-23-26(20)13-16-5-6-18-19(12-16)28-14-27-18/h5-6,12,15,17H,4,7-11,13-14H2,1-3H3/p+2/t17-/m1/s1. The van der Waals surface area contributed by atoms with Crippen LogP contribution in [0.1, 0.15) is 44.6 Å². The van der Waals surface area contributed by atoms with Gasteiger partial charge >= 0.3 is 0 Å². The summed E-state index contributed by atoms with van der Waals surface area (Å²) in [6, 6.07) is 6.39. The summed E-state index contributed by atoms with van der Waals surface area (Å²) in [7, 11) is 0. The Morgan fingerprint density at radius 1 is 1.11 bits per heavy atom. The Morgan fingerprint density at radius 2 is 1.89 bits per heavy atom. The van der Waals surface area contributed by atoms with Gasteiger partial charge in [-0.2, -0.15) is 0 Å². The lowest BCUT2D eigenvalue weighted by atomic mass is 10.0. The fourth-order valence-electron chi connectivity index (χ4n) is 4.34. The van der Waals surface area contributed by atoms with Crippen LogP contribution in [0.5, 0.6) is 11.5 Å². The smallest absolute Gasteiger partial charge is 0.231 e. The quantitative estimate of drug-likeness (QED) is 0.659. The highest BCUT2D eigenvalue weighted by atomic mass is 16.7. The van der Waals surface area contributed by atoms with E-state index in [1.807, 2.05) is 16.8 Å². The number of hydrogen-bond donors (Lipinski definition) is 2. The van der Waals surface area contributed by atoms with Crippen LogP contribution >= 0.6 is 0 Å². The van der Waals surface area contributed by atoms with Crippen LogP contribution in [-0.2, 0) is 6.54 Å². The van der Waals surface area contributed by atoms with Gasteiger partial charge < -0.3 is 19.3 Å². The van der Waals surface area contributed by atoms with Gasteiger partial charge in [-0.05, 0) is 41.0 Å². The van der Waals surface area contributed by atoms with Crippen molar-refractivity contribution in [1.29, 1.82) is 0 Å². The van der Waals surface area contributed by atoms with Crippen LogP contribution in [-0.4, -0.2) is 59.7 Å². The molecule has 1 fully saturated rings. The van der Waals surface area contributed by atoms with Crippen molar-refractivity contribution < 1.29 is 19.3 Å². The van der Waals surface area contributed by atoms with Gasteiger partial charge in [0.15, 0.2) is 17.5 Å². The molecule has 28 heavy (non-hydrogen) atoms. The summed E-state index contributed by atoms with van der Waals surface area (Å²) in [5.41, 5.74) is 1.12. The maximum Gasteiger partial charge on any atom is 0.231 e. The molecule has 1 atom stereocenters. The molecule has 2 aromatic rings. The van der Waals surface area contributed by atoms with Crippen LogP contribution in [0.25, 0.3) is 0 Å². The molecule has 1 saturated heterocycles. The number of fused-ring (bicyclic) bond motifs is 1. The molecule has 2 N–H and O–H groups in total. The second-order valence-electron chi connectivity index (χ2n) is 8.33. The number of quaternary nitrogens is 2. The summed E-state index contributed by atoms with van der Waals surface area (Å²) in [5.74, 6) is 3.21. The van der Waals surface area contributed by atoms with E-state index in [2.05, 4.69) is 42.4 Å². The average Bonchev–Trinajstić information content (AvgIpc) is 3.35. The van der Waals surface area contributed by atoms with Gasteiger partial charge in [-0.15, -0.1) is 5.10 Å². The first-order valence-electron chi connectivity index (χ1n) is 10.5. The Balaban J connectivity index is 1.54. The summed E-state index contributed by atoms with van der Waals surface area (Å²) in [4.78, 5) is 3.32. The van der Waals surface area contributed by atoms with Crippen molar-refractivity contribution in [3.05, 3.63) is 29.6 Å². The van der Waals surface area contributed by atoms with Crippen LogP contribution in [0.15, 0.2) is 18.2 Å². The SMILES string of the molecule is CC[NH+]1CC[NH+]([C@H](CC(C)C)c2nnnn2Cc2ccc3c(c2)OCO3)CC1. The molecule has 0 aliphatic carbocycles. The fourth-order valence-corrected chi connectivity index (χ4v) is 4.34. The van der Waals surface area contributed by atoms with E-state index in [4.69, 9.17) is 9.47 Å². The molecule has 0 unspecified atom stereocenters. The number of hydrogen-bond acceptors (Lipinski definition) is 5. The number of ether oxygens (including phenoxy) is 2. The third kappa shape index (κ3) is 4.12. The molecule has 3 heterocycles. The summed E-state index contributed by atoms with van der Waals surface area (Å²) in [6.07, 6.45) is 1.10. The highest BCUT2D eigenvalue weighted by molar-refractivity contribution is 5.44. The van der Waals surface area contributed by atoms with Crippen molar-refractivity contribution in [2.45, 2.75) is 39.8 Å². The van der Waals surface area contributed by atoms with Gasteiger partial charge in [-0.1, -0.05) is 19.9 Å². The molecular formula is C20H32N6O2+2. The maximum absolute atomic E-state index is 5.51. The van der Waals surface area contributed by atoms with E-state index in [1.165, 1.54) is 32.7 Å². The van der Waals surface area contributed by atoms with Gasteiger partial charge in [0.2, 0.25) is 12.6 Å². The van der Waals surface area contributed by atoms with Crippen LogP contribution < -0.4 is 19.3 Å². The van der Waals surface area contributed by atoms with Gasteiger partial charge in [0, 0.05) is 6.42 Å². The largest absolute Gasteiger partial charge is 0.454 e. The summed E-state index contributed by atoms with van der Waals surface area (Å²) >= 11 is 0. The summed E-state index contributed by atoms with van der Waals surface area (Å²) < 4.78 is 12.9. The zero-order valence-corrected chi connectivity index (χ0v) is 17.1. The highest BCUT2D eigenvalue weighted by Gasteiger charge is 2.34. The molecule has 0 radical (unpaired) electrons. The second-order valence-corrected chi connectivity index (χ2v) is 8.33. The fraction of sp³-hybridized carbons (Fsp3) is 0.650. The average molecular weight is 389 g/mol. The van der Waals surface area contributed by atoms with E-state index >= 15 is 0 Å². The Morgan fingerprint density at radius 3 is 2.64 bits per heavy atom. The number of tetrazole rings is 1. The predicted molar refractivity (Wildman–Crippen MR) is 104 cm³/mol. The number of rotatable bonds is 7. The zero-order chi connectivity index (χ0) is 19.5. The molecule has 0 spiro atoms. The van der Waals surface area contributed by atoms with Gasteiger partial charge in [-0.3, -0.25) is 0 Å². The van der Waals surface area contributed by atoms with E-state index in [0.29, 0.717) is 25.3 Å². The molecular weight excluding hydrogens is 356 g/mol. The second kappa shape index (κ2) is 8.45. The Kier molecular flexibility index (Phi) is 5.77. The molecule has 4 rings (SSSR count). The molecule has 0 amide bonds. The molecule has 2 aliphatic heterocycles. The minimum Gasteiger partial charge on any atom is -0.454 e. The normalized spacial score (nSPS) is 22.6. The van der Waals surface area contributed by atoms with E-state index in [-0.39, 0.29) is 0 Å². The molecule has 1 aromatic carbocycles.